The lowest BCUT2D eigenvalue weighted by Crippen LogP contribution is -2.45. The van der Waals surface area contributed by atoms with Gasteiger partial charge in [-0.1, -0.05) is 184 Å². The van der Waals surface area contributed by atoms with Crippen LogP contribution in [-0.4, -0.2) is 47.4 Å². The van der Waals surface area contributed by atoms with Crippen LogP contribution < -0.4 is 5.32 Å². The summed E-state index contributed by atoms with van der Waals surface area (Å²) in [5, 5.41) is 22.9. The highest BCUT2D eigenvalue weighted by Gasteiger charge is 2.19. The molecule has 0 aliphatic carbocycles. The molecule has 0 aromatic carbocycles. The van der Waals surface area contributed by atoms with Crippen LogP contribution in [0.5, 0.6) is 0 Å². The number of allylic oxidation sites excluding steroid dienone is 8. The fourth-order valence-corrected chi connectivity index (χ4v) is 6.72. The third kappa shape index (κ3) is 41.3. The van der Waals surface area contributed by atoms with Gasteiger partial charge >= 0.3 is 5.97 Å². The van der Waals surface area contributed by atoms with Crippen LogP contribution >= 0.6 is 0 Å². The first-order valence-electron chi connectivity index (χ1n) is 23.4. The molecule has 2 atom stereocenters. The van der Waals surface area contributed by atoms with Crippen LogP contribution in [0.1, 0.15) is 226 Å². The maximum absolute atomic E-state index is 12.3. The molecule has 0 heterocycles. The van der Waals surface area contributed by atoms with Crippen LogP contribution in [0.3, 0.4) is 0 Å². The maximum Gasteiger partial charge on any atom is 0.305 e. The molecule has 320 valence electrons. The molecule has 0 rings (SSSR count). The summed E-state index contributed by atoms with van der Waals surface area (Å²) in [5.41, 5.74) is 0. The van der Waals surface area contributed by atoms with Crippen molar-refractivity contribution in [2.75, 3.05) is 13.2 Å². The maximum atomic E-state index is 12.3. The first-order chi connectivity index (χ1) is 27.0. The average molecular weight is 772 g/mol. The molecule has 2 unspecified atom stereocenters. The molecule has 0 aromatic heterocycles. The fraction of sp³-hybridized carbons (Fsp3) is 0.796. The second-order valence-corrected chi connectivity index (χ2v) is 15.7. The van der Waals surface area contributed by atoms with Gasteiger partial charge in [-0.15, -0.1) is 0 Å². The van der Waals surface area contributed by atoms with Gasteiger partial charge in [0, 0.05) is 12.8 Å². The van der Waals surface area contributed by atoms with Gasteiger partial charge in [0.15, 0.2) is 0 Å². The molecule has 0 saturated carbocycles. The number of rotatable bonds is 42. The van der Waals surface area contributed by atoms with Crippen molar-refractivity contribution in [1.29, 1.82) is 0 Å². The molecule has 0 radical (unpaired) electrons. The zero-order valence-electron chi connectivity index (χ0n) is 36.1. The molecule has 6 nitrogen and oxygen atoms in total. The number of hydrogen-bond donors (Lipinski definition) is 3. The van der Waals surface area contributed by atoms with Gasteiger partial charge < -0.3 is 20.3 Å². The topological polar surface area (TPSA) is 95.9 Å². The van der Waals surface area contributed by atoms with Crippen LogP contribution in [-0.2, 0) is 14.3 Å². The summed E-state index contributed by atoms with van der Waals surface area (Å²) in [6.07, 6.45) is 53.7. The largest absolute Gasteiger partial charge is 0.466 e. The Morgan fingerprint density at radius 3 is 1.44 bits per heavy atom. The van der Waals surface area contributed by atoms with E-state index in [1.807, 2.05) is 6.08 Å². The molecule has 0 aliphatic heterocycles. The Balaban J connectivity index is 3.56. The molecule has 0 bridgehead atoms. The zero-order valence-corrected chi connectivity index (χ0v) is 36.1. The van der Waals surface area contributed by atoms with Crippen molar-refractivity contribution in [1.82, 2.24) is 5.32 Å². The number of ether oxygens (including phenoxy) is 1. The van der Waals surface area contributed by atoms with E-state index in [4.69, 9.17) is 4.74 Å². The summed E-state index contributed by atoms with van der Waals surface area (Å²) in [4.78, 5) is 24.3. The number of amides is 1. The zero-order chi connectivity index (χ0) is 40.1. The summed E-state index contributed by atoms with van der Waals surface area (Å²) in [5.74, 6) is -0.153. The Labute approximate surface area is 340 Å². The lowest BCUT2D eigenvalue weighted by molar-refractivity contribution is -0.143. The van der Waals surface area contributed by atoms with Gasteiger partial charge in [-0.3, -0.25) is 9.59 Å². The third-order valence-electron chi connectivity index (χ3n) is 10.4. The number of unbranched alkanes of at least 4 members (excludes halogenated alkanes) is 23. The Morgan fingerprint density at radius 1 is 0.509 bits per heavy atom. The minimum Gasteiger partial charge on any atom is -0.466 e. The van der Waals surface area contributed by atoms with Crippen molar-refractivity contribution >= 4 is 11.9 Å². The van der Waals surface area contributed by atoms with Gasteiger partial charge in [-0.2, -0.15) is 0 Å². The van der Waals surface area contributed by atoms with E-state index < -0.39 is 12.1 Å². The quantitative estimate of drug-likeness (QED) is 0.0326. The number of aliphatic hydroxyl groups is 2. The van der Waals surface area contributed by atoms with Crippen LogP contribution in [0.4, 0.5) is 0 Å². The molecular weight excluding hydrogens is 683 g/mol. The Morgan fingerprint density at radius 2 is 0.927 bits per heavy atom. The van der Waals surface area contributed by atoms with Crippen LogP contribution in [0, 0.1) is 0 Å². The van der Waals surface area contributed by atoms with E-state index in [1.54, 1.807) is 0 Å². The second-order valence-electron chi connectivity index (χ2n) is 15.7. The second kappa shape index (κ2) is 44.5. The first-order valence-corrected chi connectivity index (χ1v) is 23.4. The normalized spacial score (nSPS) is 13.2. The number of carbonyl (C=O) groups excluding carboxylic acids is 2. The molecule has 6 heteroatoms. The van der Waals surface area contributed by atoms with Gasteiger partial charge in [0.2, 0.25) is 5.91 Å². The molecule has 0 fully saturated rings. The lowest BCUT2D eigenvalue weighted by Gasteiger charge is -2.22. The van der Waals surface area contributed by atoms with E-state index in [9.17, 15) is 19.8 Å². The van der Waals surface area contributed by atoms with Crippen LogP contribution in [0.15, 0.2) is 48.6 Å². The molecule has 0 saturated heterocycles. The highest BCUT2D eigenvalue weighted by Crippen LogP contribution is 2.14. The van der Waals surface area contributed by atoms with E-state index >= 15 is 0 Å². The summed E-state index contributed by atoms with van der Waals surface area (Å²) < 4.78 is 5.44. The monoisotopic (exact) mass is 772 g/mol. The van der Waals surface area contributed by atoms with Crippen molar-refractivity contribution in [3.8, 4) is 0 Å². The summed E-state index contributed by atoms with van der Waals surface area (Å²) in [7, 11) is 0. The minimum absolute atomic E-state index is 0.0320. The number of hydrogen-bond acceptors (Lipinski definition) is 5. The Bertz CT molecular complexity index is 942. The summed E-state index contributed by atoms with van der Waals surface area (Å²) >= 11 is 0. The van der Waals surface area contributed by atoms with Crippen LogP contribution in [0.2, 0.25) is 0 Å². The highest BCUT2D eigenvalue weighted by atomic mass is 16.5. The molecule has 55 heavy (non-hydrogen) atoms. The number of carbonyl (C=O) groups is 2. The van der Waals surface area contributed by atoms with E-state index in [0.717, 1.165) is 64.2 Å². The molecule has 3 N–H and O–H groups in total. The van der Waals surface area contributed by atoms with Crippen LogP contribution in [0.25, 0.3) is 0 Å². The van der Waals surface area contributed by atoms with Crippen molar-refractivity contribution in [3.05, 3.63) is 48.6 Å². The van der Waals surface area contributed by atoms with Crippen molar-refractivity contribution in [2.45, 2.75) is 238 Å². The van der Waals surface area contributed by atoms with E-state index in [1.165, 1.54) is 122 Å². The standard InChI is InChI=1S/C49H89NO5/c1-3-5-7-9-11-13-14-15-16-17-20-23-27-31-35-39-43-49(54)55-44-40-36-32-28-24-21-18-19-22-26-30-34-38-42-48(53)50-46(45-51)47(52)41-37-33-29-25-12-10-8-6-4-2/h13-14,16-17,19,22,30,34,46-47,51-52H,3-12,15,18,20-21,23-29,31-33,35-45H2,1-2H3,(H,50,53)/b14-13-,17-16-,22-19-,34-30-. The molecule has 0 spiro atoms. The predicted octanol–water partition coefficient (Wildman–Crippen LogP) is 13.5. The Kier molecular flexibility index (Phi) is 42.8. The van der Waals surface area contributed by atoms with Gasteiger partial charge in [0.05, 0.1) is 25.4 Å². The van der Waals surface area contributed by atoms with E-state index in [0.29, 0.717) is 32.3 Å². The first kappa shape index (κ1) is 52.8. The third-order valence-corrected chi connectivity index (χ3v) is 10.4. The van der Waals surface area contributed by atoms with Gasteiger partial charge in [0.25, 0.3) is 0 Å². The Hall–Kier alpha value is -2.18. The van der Waals surface area contributed by atoms with Gasteiger partial charge in [0.1, 0.15) is 0 Å². The van der Waals surface area contributed by atoms with Crippen molar-refractivity contribution in [3.63, 3.8) is 0 Å². The van der Waals surface area contributed by atoms with Gasteiger partial charge in [-0.25, -0.2) is 0 Å². The van der Waals surface area contributed by atoms with E-state index in [-0.39, 0.29) is 18.5 Å². The van der Waals surface area contributed by atoms with Crippen molar-refractivity contribution in [2.24, 2.45) is 0 Å². The SMILES string of the molecule is CCCCCC/C=C\C/C=C\CCCCCCCC(=O)OCCCCCCCC/C=C\C/C=C\CCC(=O)NC(CO)C(O)CCCCCCCCCCC. The fourth-order valence-electron chi connectivity index (χ4n) is 6.72. The molecule has 0 aromatic rings. The molecular formula is C49H89NO5. The molecule has 1 amide bonds. The average Bonchev–Trinajstić information content (AvgIpc) is 3.18. The minimum atomic E-state index is -0.698. The molecule has 0 aliphatic rings. The lowest BCUT2D eigenvalue weighted by atomic mass is 10.0. The highest BCUT2D eigenvalue weighted by molar-refractivity contribution is 5.76. The van der Waals surface area contributed by atoms with Crippen molar-refractivity contribution < 1.29 is 24.5 Å². The smallest absolute Gasteiger partial charge is 0.305 e. The van der Waals surface area contributed by atoms with Gasteiger partial charge in [-0.05, 0) is 77.0 Å². The predicted molar refractivity (Wildman–Crippen MR) is 236 cm³/mol. The summed E-state index contributed by atoms with van der Waals surface area (Å²) in [6, 6.07) is -0.584. The summed E-state index contributed by atoms with van der Waals surface area (Å²) in [6.45, 7) is 4.82. The number of aliphatic hydroxyl groups excluding tert-OH is 2. The number of esters is 1. The number of nitrogens with one attached hydrogen (secondary N) is 1. The van der Waals surface area contributed by atoms with E-state index in [2.05, 4.69) is 61.7 Å².